The lowest BCUT2D eigenvalue weighted by atomic mass is 9.71. The van der Waals surface area contributed by atoms with Crippen LogP contribution in [0.25, 0.3) is 0 Å². The highest BCUT2D eigenvalue weighted by molar-refractivity contribution is 6.30. The monoisotopic (exact) mass is 310 g/mol. The van der Waals surface area contributed by atoms with Gasteiger partial charge in [0.25, 0.3) is 0 Å². The van der Waals surface area contributed by atoms with Crippen molar-refractivity contribution < 1.29 is 14.9 Å². The van der Waals surface area contributed by atoms with Crippen molar-refractivity contribution in [1.82, 2.24) is 0 Å². The summed E-state index contributed by atoms with van der Waals surface area (Å²) in [6.07, 6.45) is 6.08. The molecule has 0 radical (unpaired) electrons. The second-order valence-corrected chi connectivity index (χ2v) is 6.92. The number of aliphatic hydroxyl groups excluding tert-OH is 2. The smallest absolute Gasteiger partial charge is 0.125 e. The largest absolute Gasteiger partial charge is 0.493 e. The number of rotatable bonds is 5. The zero-order chi connectivity index (χ0) is 14.9. The first-order valence-electron chi connectivity index (χ1n) is 7.84. The maximum Gasteiger partial charge on any atom is 0.125 e. The van der Waals surface area contributed by atoms with Gasteiger partial charge in [-0.25, -0.2) is 0 Å². The fourth-order valence-corrected chi connectivity index (χ4v) is 4.22. The molecule has 3 nitrogen and oxygen atoms in total. The lowest BCUT2D eigenvalue weighted by Crippen LogP contribution is -2.39. The van der Waals surface area contributed by atoms with Gasteiger partial charge in [0.2, 0.25) is 0 Å². The van der Waals surface area contributed by atoms with Crippen LogP contribution in [-0.4, -0.2) is 30.0 Å². The summed E-state index contributed by atoms with van der Waals surface area (Å²) in [5.74, 6) is 1.30. The van der Waals surface area contributed by atoms with E-state index in [9.17, 15) is 10.2 Å². The Kier molecular flexibility index (Phi) is 4.43. The van der Waals surface area contributed by atoms with Crippen molar-refractivity contribution >= 4 is 11.6 Å². The lowest BCUT2D eigenvalue weighted by Gasteiger charge is -2.36. The van der Waals surface area contributed by atoms with Gasteiger partial charge in [-0.1, -0.05) is 24.4 Å². The van der Waals surface area contributed by atoms with E-state index in [-0.39, 0.29) is 13.2 Å². The molecule has 1 fully saturated rings. The van der Waals surface area contributed by atoms with Gasteiger partial charge in [0.05, 0.1) is 19.8 Å². The van der Waals surface area contributed by atoms with Crippen LogP contribution in [0.2, 0.25) is 5.02 Å². The number of halogens is 1. The first-order chi connectivity index (χ1) is 10.2. The van der Waals surface area contributed by atoms with Gasteiger partial charge in [-0.3, -0.25) is 0 Å². The zero-order valence-electron chi connectivity index (χ0n) is 12.3. The van der Waals surface area contributed by atoms with Crippen LogP contribution < -0.4 is 4.74 Å². The molecule has 1 heterocycles. The topological polar surface area (TPSA) is 49.7 Å². The van der Waals surface area contributed by atoms with Crippen LogP contribution >= 0.6 is 11.6 Å². The minimum Gasteiger partial charge on any atom is -0.493 e. The van der Waals surface area contributed by atoms with Crippen molar-refractivity contribution in [3.05, 3.63) is 28.3 Å². The van der Waals surface area contributed by atoms with Crippen LogP contribution in [0.4, 0.5) is 0 Å². The molecule has 1 aromatic carbocycles. The molecule has 0 aromatic heterocycles. The number of hydrogen-bond donors (Lipinski definition) is 2. The van der Waals surface area contributed by atoms with E-state index in [1.54, 1.807) is 0 Å². The molecular weight excluding hydrogens is 288 g/mol. The Labute approximate surface area is 130 Å². The molecule has 1 aliphatic carbocycles. The molecule has 1 aromatic rings. The third kappa shape index (κ3) is 2.79. The summed E-state index contributed by atoms with van der Waals surface area (Å²) in [5.41, 5.74) is 1.72. The predicted octanol–water partition coefficient (Wildman–Crippen LogP) is 2.98. The third-order valence-electron chi connectivity index (χ3n) is 5.22. The zero-order valence-corrected chi connectivity index (χ0v) is 13.0. The highest BCUT2D eigenvalue weighted by Gasteiger charge is 2.40. The summed E-state index contributed by atoms with van der Waals surface area (Å²) >= 11 is 6.22. The number of ether oxygens (including phenoxy) is 1. The molecule has 2 N–H and O–H groups in total. The molecule has 1 aliphatic heterocycles. The Morgan fingerprint density at radius 1 is 1.19 bits per heavy atom. The summed E-state index contributed by atoms with van der Waals surface area (Å²) in [6, 6.07) is 3.89. The van der Waals surface area contributed by atoms with E-state index in [0.29, 0.717) is 24.0 Å². The van der Waals surface area contributed by atoms with Crippen molar-refractivity contribution in [3.63, 3.8) is 0 Å². The first kappa shape index (κ1) is 15.1. The van der Waals surface area contributed by atoms with Crippen molar-refractivity contribution in [2.75, 3.05) is 19.8 Å². The Morgan fingerprint density at radius 2 is 1.90 bits per heavy atom. The third-order valence-corrected chi connectivity index (χ3v) is 5.44. The number of aliphatic hydroxyl groups is 2. The maximum absolute atomic E-state index is 9.98. The summed E-state index contributed by atoms with van der Waals surface area (Å²) in [7, 11) is 0. The van der Waals surface area contributed by atoms with Crippen LogP contribution in [0.3, 0.4) is 0 Å². The van der Waals surface area contributed by atoms with Crippen molar-refractivity contribution in [2.24, 2.45) is 11.3 Å². The number of fused-ring (bicyclic) bond motifs is 1. The molecule has 0 spiro atoms. The van der Waals surface area contributed by atoms with Gasteiger partial charge >= 0.3 is 0 Å². The van der Waals surface area contributed by atoms with Crippen LogP contribution in [0.1, 0.15) is 36.8 Å². The van der Waals surface area contributed by atoms with E-state index in [0.717, 1.165) is 36.1 Å². The van der Waals surface area contributed by atoms with Gasteiger partial charge in [0.15, 0.2) is 0 Å². The molecule has 0 unspecified atom stereocenters. The highest BCUT2D eigenvalue weighted by Crippen LogP contribution is 2.44. The molecule has 0 saturated heterocycles. The van der Waals surface area contributed by atoms with E-state index in [1.165, 1.54) is 12.8 Å². The van der Waals surface area contributed by atoms with E-state index in [4.69, 9.17) is 16.3 Å². The van der Waals surface area contributed by atoms with Crippen molar-refractivity contribution in [3.8, 4) is 5.75 Å². The van der Waals surface area contributed by atoms with Crippen LogP contribution in [0, 0.1) is 11.3 Å². The molecule has 3 rings (SSSR count). The molecular formula is C17H23ClO3. The SMILES string of the molecule is OCC(CO)(Cc1cc(Cl)cc2c1OCC2)C1CCCC1. The average Bonchev–Trinajstić information content (AvgIpc) is 3.15. The van der Waals surface area contributed by atoms with Gasteiger partial charge in [-0.2, -0.15) is 0 Å². The van der Waals surface area contributed by atoms with E-state index >= 15 is 0 Å². The Hall–Kier alpha value is -0.770. The molecule has 0 amide bonds. The molecule has 21 heavy (non-hydrogen) atoms. The van der Waals surface area contributed by atoms with Gasteiger partial charge in [-0.15, -0.1) is 0 Å². The minimum atomic E-state index is -0.457. The summed E-state index contributed by atoms with van der Waals surface area (Å²) in [6.45, 7) is 0.711. The average molecular weight is 311 g/mol. The molecule has 4 heteroatoms. The van der Waals surface area contributed by atoms with Crippen LogP contribution in [0.5, 0.6) is 5.75 Å². The van der Waals surface area contributed by atoms with Gasteiger partial charge < -0.3 is 14.9 Å². The Morgan fingerprint density at radius 3 is 2.57 bits per heavy atom. The second kappa shape index (κ2) is 6.15. The first-order valence-corrected chi connectivity index (χ1v) is 8.22. The van der Waals surface area contributed by atoms with Gasteiger partial charge in [-0.05, 0) is 48.4 Å². The second-order valence-electron chi connectivity index (χ2n) is 6.49. The number of benzene rings is 1. The lowest BCUT2D eigenvalue weighted by molar-refractivity contribution is 0.00534. The van der Waals surface area contributed by atoms with Gasteiger partial charge in [0, 0.05) is 16.9 Å². The quantitative estimate of drug-likeness (QED) is 0.879. The van der Waals surface area contributed by atoms with Crippen LogP contribution in [-0.2, 0) is 12.8 Å². The van der Waals surface area contributed by atoms with E-state index < -0.39 is 5.41 Å². The maximum atomic E-state index is 9.98. The minimum absolute atomic E-state index is 0.00938. The van der Waals surface area contributed by atoms with Gasteiger partial charge in [0.1, 0.15) is 5.75 Å². The molecule has 1 saturated carbocycles. The Balaban J connectivity index is 1.93. The predicted molar refractivity (Wildman–Crippen MR) is 82.9 cm³/mol. The van der Waals surface area contributed by atoms with Crippen molar-refractivity contribution in [1.29, 1.82) is 0 Å². The van der Waals surface area contributed by atoms with E-state index in [1.807, 2.05) is 12.1 Å². The standard InChI is InChI=1S/C17H23ClO3/c18-15-7-12-5-6-21-16(12)13(8-15)9-17(10-19,11-20)14-3-1-2-4-14/h7-8,14,19-20H,1-6,9-11H2. The summed E-state index contributed by atoms with van der Waals surface area (Å²) in [5, 5.41) is 20.7. The summed E-state index contributed by atoms with van der Waals surface area (Å²) in [4.78, 5) is 0. The highest BCUT2D eigenvalue weighted by atomic mass is 35.5. The fourth-order valence-electron chi connectivity index (χ4n) is 3.96. The van der Waals surface area contributed by atoms with Crippen molar-refractivity contribution in [2.45, 2.75) is 38.5 Å². The normalized spacial score (nSPS) is 18.8. The molecule has 0 bridgehead atoms. The molecule has 2 aliphatic rings. The number of hydrogen-bond acceptors (Lipinski definition) is 3. The fraction of sp³-hybridized carbons (Fsp3) is 0.647. The molecule has 116 valence electrons. The summed E-state index contributed by atoms with van der Waals surface area (Å²) < 4.78 is 5.76. The van der Waals surface area contributed by atoms with Crippen LogP contribution in [0.15, 0.2) is 12.1 Å². The van der Waals surface area contributed by atoms with E-state index in [2.05, 4.69) is 0 Å². The Bertz CT molecular complexity index is 505. The molecule has 0 atom stereocenters.